The third kappa shape index (κ3) is 5.78. The number of fused-ring (bicyclic) bond motifs is 1. The lowest BCUT2D eigenvalue weighted by atomic mass is 9.87. The van der Waals surface area contributed by atoms with Gasteiger partial charge in [0.15, 0.2) is 0 Å². The maximum atomic E-state index is 13.7. The summed E-state index contributed by atoms with van der Waals surface area (Å²) in [6.45, 7) is 11.6. The van der Waals surface area contributed by atoms with Crippen molar-refractivity contribution in [2.24, 2.45) is 0 Å². The zero-order valence-electron chi connectivity index (χ0n) is 22.5. The number of nitrogens with zero attached hydrogens (tertiary/aromatic N) is 3. The maximum absolute atomic E-state index is 13.7. The highest BCUT2D eigenvalue weighted by Crippen LogP contribution is 2.49. The predicted octanol–water partition coefficient (Wildman–Crippen LogP) is 5.17. The Morgan fingerprint density at radius 3 is 2.70 bits per heavy atom. The Labute approximate surface area is 227 Å². The highest BCUT2D eigenvalue weighted by Gasteiger charge is 2.40. The van der Waals surface area contributed by atoms with Crippen LogP contribution in [0, 0.1) is 13.8 Å². The van der Waals surface area contributed by atoms with Gasteiger partial charge in [0, 0.05) is 31.2 Å². The summed E-state index contributed by atoms with van der Waals surface area (Å²) < 4.78 is 6.99. The number of aromatic nitrogens is 2. The predicted molar refractivity (Wildman–Crippen MR) is 152 cm³/mol. The molecule has 3 heterocycles. The van der Waals surface area contributed by atoms with Crippen molar-refractivity contribution in [1.82, 2.24) is 15.1 Å². The number of hydrogen-bond donors (Lipinski definition) is 1. The van der Waals surface area contributed by atoms with Crippen LogP contribution in [0.4, 0.5) is 5.82 Å². The van der Waals surface area contributed by atoms with E-state index in [9.17, 15) is 9.59 Å². The van der Waals surface area contributed by atoms with Gasteiger partial charge < -0.3 is 10.1 Å². The maximum Gasteiger partial charge on any atom is 0.240 e. The lowest BCUT2D eigenvalue weighted by Gasteiger charge is -2.24. The molecule has 2 aromatic heterocycles. The van der Waals surface area contributed by atoms with Crippen molar-refractivity contribution in [3.05, 3.63) is 63.0 Å². The highest BCUT2D eigenvalue weighted by molar-refractivity contribution is 8.00. The summed E-state index contributed by atoms with van der Waals surface area (Å²) in [4.78, 5) is 28.4. The Bertz CT molecular complexity index is 1260. The fourth-order valence-electron chi connectivity index (χ4n) is 4.54. The number of thioether (sulfide) groups is 1. The minimum Gasteiger partial charge on any atom is -0.385 e. The van der Waals surface area contributed by atoms with Gasteiger partial charge in [-0.15, -0.1) is 11.8 Å². The van der Waals surface area contributed by atoms with E-state index in [1.165, 1.54) is 0 Å². The molecular weight excluding hydrogens is 504 g/mol. The van der Waals surface area contributed by atoms with Crippen molar-refractivity contribution in [1.29, 1.82) is 0 Å². The van der Waals surface area contributed by atoms with Crippen LogP contribution in [0.25, 0.3) is 5.69 Å². The molecular formula is C28H36N4O3S2. The number of thiophene rings is 1. The lowest BCUT2D eigenvalue weighted by molar-refractivity contribution is -0.122. The molecule has 7 nitrogen and oxygen atoms in total. The lowest BCUT2D eigenvalue weighted by Crippen LogP contribution is -2.42. The van der Waals surface area contributed by atoms with Gasteiger partial charge in [-0.05, 0) is 59.9 Å². The van der Waals surface area contributed by atoms with Crippen molar-refractivity contribution in [2.75, 3.05) is 37.5 Å². The van der Waals surface area contributed by atoms with E-state index in [4.69, 9.17) is 9.84 Å². The largest absolute Gasteiger partial charge is 0.385 e. The fourth-order valence-corrected chi connectivity index (χ4v) is 6.50. The van der Waals surface area contributed by atoms with E-state index in [-0.39, 0.29) is 34.8 Å². The molecule has 1 aromatic carbocycles. The van der Waals surface area contributed by atoms with Crippen LogP contribution in [0.2, 0.25) is 0 Å². The summed E-state index contributed by atoms with van der Waals surface area (Å²) in [7, 11) is 1.64. The summed E-state index contributed by atoms with van der Waals surface area (Å²) in [6.07, 6.45) is 0.714. The zero-order valence-corrected chi connectivity index (χ0v) is 24.1. The van der Waals surface area contributed by atoms with E-state index in [2.05, 4.69) is 62.8 Å². The number of ether oxygens (including phenoxy) is 1. The fraction of sp³-hybridized carbons (Fsp3) is 0.464. The molecule has 198 valence electrons. The normalized spacial score (nSPS) is 16.0. The molecule has 1 unspecified atom stereocenters. The zero-order chi connectivity index (χ0) is 26.7. The molecule has 0 saturated carbocycles. The Morgan fingerprint density at radius 2 is 2.03 bits per heavy atom. The minimum absolute atomic E-state index is 0.0597. The Hall–Kier alpha value is -2.62. The molecule has 3 aromatic rings. The number of amides is 2. The van der Waals surface area contributed by atoms with Crippen molar-refractivity contribution in [3.63, 3.8) is 0 Å². The number of carbonyl (C=O) groups is 2. The average Bonchev–Trinajstić information content (AvgIpc) is 3.49. The highest BCUT2D eigenvalue weighted by atomic mass is 32.2. The van der Waals surface area contributed by atoms with Crippen molar-refractivity contribution in [2.45, 2.75) is 51.7 Å². The average molecular weight is 541 g/mol. The van der Waals surface area contributed by atoms with Gasteiger partial charge in [-0.25, -0.2) is 4.68 Å². The first-order valence-electron chi connectivity index (χ1n) is 12.5. The molecule has 0 spiro atoms. The van der Waals surface area contributed by atoms with Crippen molar-refractivity contribution < 1.29 is 14.3 Å². The molecule has 37 heavy (non-hydrogen) atoms. The second-order valence-corrected chi connectivity index (χ2v) is 12.3. The Balaban J connectivity index is 1.92. The van der Waals surface area contributed by atoms with Crippen molar-refractivity contribution >= 4 is 40.7 Å². The van der Waals surface area contributed by atoms with Crippen LogP contribution in [-0.2, 0) is 19.7 Å². The first-order valence-corrected chi connectivity index (χ1v) is 14.5. The molecule has 0 radical (unpaired) electrons. The number of nitrogens with one attached hydrogen (secondary N) is 1. The number of rotatable bonds is 8. The third-order valence-electron chi connectivity index (χ3n) is 6.60. The SMILES string of the molecule is COCCCNC(=O)CN1C(=O)CSC(c2ccsc2)c2c(C(C)(C)C)nn(-c3cccc(C)c3C)c21. The van der Waals surface area contributed by atoms with E-state index < -0.39 is 0 Å². The van der Waals surface area contributed by atoms with Crippen LogP contribution in [0.1, 0.15) is 60.4 Å². The molecule has 0 bridgehead atoms. The first kappa shape index (κ1) is 27.4. The molecule has 4 rings (SSSR count). The quantitative estimate of drug-likeness (QED) is 0.399. The van der Waals surface area contributed by atoms with E-state index in [0.29, 0.717) is 25.4 Å². The number of anilines is 1. The molecule has 1 aliphatic heterocycles. The van der Waals surface area contributed by atoms with Gasteiger partial charge in [0.2, 0.25) is 11.8 Å². The molecule has 9 heteroatoms. The third-order valence-corrected chi connectivity index (χ3v) is 8.56. The van der Waals surface area contributed by atoms with Gasteiger partial charge in [0.1, 0.15) is 12.4 Å². The van der Waals surface area contributed by atoms with Crippen LogP contribution in [0.3, 0.4) is 0 Å². The smallest absolute Gasteiger partial charge is 0.240 e. The van der Waals surface area contributed by atoms with E-state index in [1.54, 1.807) is 35.1 Å². The van der Waals surface area contributed by atoms with E-state index in [1.807, 2.05) is 16.8 Å². The molecule has 0 saturated heterocycles. The van der Waals surface area contributed by atoms with Gasteiger partial charge in [-0.1, -0.05) is 32.9 Å². The number of benzene rings is 1. The van der Waals surface area contributed by atoms with Crippen molar-refractivity contribution in [3.8, 4) is 5.69 Å². The number of hydrogen-bond acceptors (Lipinski definition) is 6. The molecule has 1 aliphatic rings. The van der Waals surface area contributed by atoms with Crippen LogP contribution >= 0.6 is 23.1 Å². The second-order valence-electron chi connectivity index (χ2n) is 10.4. The van der Waals surface area contributed by atoms with Crippen LogP contribution in [-0.4, -0.2) is 54.2 Å². The van der Waals surface area contributed by atoms with Gasteiger partial charge in [-0.2, -0.15) is 16.4 Å². The van der Waals surface area contributed by atoms with Gasteiger partial charge >= 0.3 is 0 Å². The topological polar surface area (TPSA) is 76.5 Å². The van der Waals surface area contributed by atoms with E-state index in [0.717, 1.165) is 33.6 Å². The number of carbonyl (C=O) groups excluding carboxylic acids is 2. The summed E-state index contributed by atoms with van der Waals surface area (Å²) in [5, 5.41) is 12.3. The van der Waals surface area contributed by atoms with Gasteiger partial charge in [0.05, 0.1) is 22.4 Å². The summed E-state index contributed by atoms with van der Waals surface area (Å²) >= 11 is 3.26. The first-order chi connectivity index (χ1) is 17.6. The van der Waals surface area contributed by atoms with Gasteiger partial charge in [-0.3, -0.25) is 14.5 Å². The van der Waals surface area contributed by atoms with Gasteiger partial charge in [0.25, 0.3) is 0 Å². The molecule has 1 atom stereocenters. The second kappa shape index (κ2) is 11.4. The Kier molecular flexibility index (Phi) is 8.46. The monoisotopic (exact) mass is 540 g/mol. The molecule has 1 N–H and O–H groups in total. The number of methoxy groups -OCH3 is 1. The number of aryl methyl sites for hydroxylation is 1. The van der Waals surface area contributed by atoms with Crippen LogP contribution < -0.4 is 10.2 Å². The summed E-state index contributed by atoms with van der Waals surface area (Å²) in [5.74, 6) is 0.683. The standard InChI is InChI=1S/C28H36N4O3S2/c1-18-9-7-10-21(19(18)2)32-27-24(26(30-32)28(3,4)5)25(20-11-14-36-16-20)37-17-23(34)31(27)15-22(33)29-12-8-13-35-6/h7,9-11,14,16,25H,8,12-13,15,17H2,1-6H3,(H,29,33). The molecule has 0 fully saturated rings. The summed E-state index contributed by atoms with van der Waals surface area (Å²) in [5.41, 5.74) is 5.98. The molecule has 0 aliphatic carbocycles. The Morgan fingerprint density at radius 1 is 1.24 bits per heavy atom. The molecule has 2 amide bonds. The van der Waals surface area contributed by atoms with Crippen LogP contribution in [0.5, 0.6) is 0 Å². The van der Waals surface area contributed by atoms with E-state index >= 15 is 0 Å². The van der Waals surface area contributed by atoms with Crippen LogP contribution in [0.15, 0.2) is 35.0 Å². The summed E-state index contributed by atoms with van der Waals surface area (Å²) in [6, 6.07) is 8.24. The minimum atomic E-state index is -0.274.